The fourth-order valence-corrected chi connectivity index (χ4v) is 3.45. The van der Waals surface area contributed by atoms with Crippen LogP contribution in [0.2, 0.25) is 0 Å². The lowest BCUT2D eigenvalue weighted by Gasteiger charge is -2.22. The van der Waals surface area contributed by atoms with Crippen LogP contribution in [0.1, 0.15) is 36.4 Å². The first-order valence-corrected chi connectivity index (χ1v) is 8.80. The predicted octanol–water partition coefficient (Wildman–Crippen LogP) is 3.30. The number of thiophene rings is 1. The molecule has 1 aliphatic heterocycles. The number of carboxylic acids is 1. The number of aliphatic carboxylic acids is 1. The van der Waals surface area contributed by atoms with E-state index in [9.17, 15) is 9.59 Å². The molecule has 1 aliphatic rings. The SMILES string of the molecule is COc1cccc([C@@H]2CC(c3ccsc3)=NN2C(=O)CCC(=O)O)c1. The minimum Gasteiger partial charge on any atom is -0.497 e. The van der Waals surface area contributed by atoms with E-state index in [1.165, 1.54) is 5.01 Å². The molecular weight excluding hydrogens is 340 g/mol. The molecule has 0 saturated carbocycles. The Balaban J connectivity index is 1.89. The summed E-state index contributed by atoms with van der Waals surface area (Å²) in [7, 11) is 1.59. The van der Waals surface area contributed by atoms with Crippen LogP contribution in [0.3, 0.4) is 0 Å². The van der Waals surface area contributed by atoms with E-state index in [0.29, 0.717) is 12.2 Å². The highest BCUT2D eigenvalue weighted by molar-refractivity contribution is 7.08. The number of methoxy groups -OCH3 is 1. The maximum absolute atomic E-state index is 12.5. The Morgan fingerprint density at radius 2 is 2.20 bits per heavy atom. The molecule has 2 aromatic rings. The van der Waals surface area contributed by atoms with Crippen LogP contribution in [0.5, 0.6) is 5.75 Å². The first-order chi connectivity index (χ1) is 12.1. The third-order valence-electron chi connectivity index (χ3n) is 4.05. The van der Waals surface area contributed by atoms with Crippen LogP contribution in [-0.4, -0.2) is 34.8 Å². The number of nitrogens with zero attached hydrogens (tertiary/aromatic N) is 2. The van der Waals surface area contributed by atoms with Gasteiger partial charge in [-0.3, -0.25) is 9.59 Å². The van der Waals surface area contributed by atoms with Crippen LogP contribution >= 0.6 is 11.3 Å². The van der Waals surface area contributed by atoms with Gasteiger partial charge in [-0.05, 0) is 34.5 Å². The molecule has 0 spiro atoms. The molecule has 1 aromatic heterocycles. The van der Waals surface area contributed by atoms with E-state index < -0.39 is 5.97 Å². The molecule has 0 radical (unpaired) electrons. The maximum atomic E-state index is 12.5. The summed E-state index contributed by atoms with van der Waals surface area (Å²) < 4.78 is 5.27. The van der Waals surface area contributed by atoms with E-state index in [1.54, 1.807) is 18.4 Å². The molecule has 1 atom stereocenters. The van der Waals surface area contributed by atoms with Crippen molar-refractivity contribution in [2.75, 3.05) is 7.11 Å². The highest BCUT2D eigenvalue weighted by atomic mass is 32.1. The van der Waals surface area contributed by atoms with Gasteiger partial charge in [0.15, 0.2) is 0 Å². The molecule has 7 heteroatoms. The predicted molar refractivity (Wildman–Crippen MR) is 94.9 cm³/mol. The number of carboxylic acid groups (broad SMARTS) is 1. The van der Waals surface area contributed by atoms with E-state index >= 15 is 0 Å². The first-order valence-electron chi connectivity index (χ1n) is 7.86. The molecule has 6 nitrogen and oxygen atoms in total. The van der Waals surface area contributed by atoms with E-state index in [1.807, 2.05) is 41.1 Å². The Labute approximate surface area is 149 Å². The Hall–Kier alpha value is -2.67. The molecule has 25 heavy (non-hydrogen) atoms. The van der Waals surface area contributed by atoms with E-state index in [4.69, 9.17) is 9.84 Å². The summed E-state index contributed by atoms with van der Waals surface area (Å²) in [5.41, 5.74) is 2.74. The Bertz CT molecular complexity index is 801. The second-order valence-electron chi connectivity index (χ2n) is 5.69. The zero-order chi connectivity index (χ0) is 17.8. The minimum absolute atomic E-state index is 0.0732. The van der Waals surface area contributed by atoms with Crippen LogP contribution in [0.4, 0.5) is 0 Å². The number of hydrogen-bond acceptors (Lipinski definition) is 5. The zero-order valence-electron chi connectivity index (χ0n) is 13.7. The second kappa shape index (κ2) is 7.48. The van der Waals surface area contributed by atoms with Gasteiger partial charge in [-0.15, -0.1) is 0 Å². The Morgan fingerprint density at radius 3 is 2.88 bits per heavy atom. The molecule has 0 fully saturated rings. The van der Waals surface area contributed by atoms with Crippen LogP contribution in [0.15, 0.2) is 46.2 Å². The van der Waals surface area contributed by atoms with Crippen molar-refractivity contribution in [1.29, 1.82) is 0 Å². The van der Waals surface area contributed by atoms with Gasteiger partial charge in [0.1, 0.15) is 5.75 Å². The van der Waals surface area contributed by atoms with Crippen molar-refractivity contribution in [3.63, 3.8) is 0 Å². The van der Waals surface area contributed by atoms with Gasteiger partial charge in [0.2, 0.25) is 5.91 Å². The summed E-state index contributed by atoms with van der Waals surface area (Å²) in [6.07, 6.45) is 0.308. The summed E-state index contributed by atoms with van der Waals surface area (Å²) in [4.78, 5) is 23.3. The third-order valence-corrected chi connectivity index (χ3v) is 4.73. The lowest BCUT2D eigenvalue weighted by atomic mass is 9.99. The topological polar surface area (TPSA) is 79.2 Å². The molecule has 1 N–H and O–H groups in total. The number of benzene rings is 1. The summed E-state index contributed by atoms with van der Waals surface area (Å²) >= 11 is 1.57. The summed E-state index contributed by atoms with van der Waals surface area (Å²) in [6.45, 7) is 0. The molecule has 0 saturated heterocycles. The van der Waals surface area contributed by atoms with Crippen LogP contribution in [0, 0.1) is 0 Å². The molecule has 130 valence electrons. The first kappa shape index (κ1) is 17.2. The molecule has 0 unspecified atom stereocenters. The number of carbonyl (C=O) groups is 2. The number of rotatable bonds is 6. The van der Waals surface area contributed by atoms with Gasteiger partial charge in [-0.1, -0.05) is 12.1 Å². The molecule has 0 aliphatic carbocycles. The smallest absolute Gasteiger partial charge is 0.303 e. The van der Waals surface area contributed by atoms with Gasteiger partial charge in [0.05, 0.1) is 25.3 Å². The highest BCUT2D eigenvalue weighted by Crippen LogP contribution is 2.35. The van der Waals surface area contributed by atoms with E-state index in [0.717, 1.165) is 16.8 Å². The summed E-state index contributed by atoms with van der Waals surface area (Å²) in [6, 6.07) is 9.24. The highest BCUT2D eigenvalue weighted by Gasteiger charge is 2.33. The van der Waals surface area contributed by atoms with Crippen LogP contribution in [0.25, 0.3) is 0 Å². The Morgan fingerprint density at radius 1 is 1.36 bits per heavy atom. The quantitative estimate of drug-likeness (QED) is 0.859. The molecule has 2 heterocycles. The molecule has 3 rings (SSSR count). The lowest BCUT2D eigenvalue weighted by molar-refractivity contribution is -0.141. The van der Waals surface area contributed by atoms with E-state index in [-0.39, 0.29) is 24.8 Å². The van der Waals surface area contributed by atoms with Gasteiger partial charge in [-0.2, -0.15) is 16.4 Å². The van der Waals surface area contributed by atoms with Crippen molar-refractivity contribution in [1.82, 2.24) is 5.01 Å². The van der Waals surface area contributed by atoms with Crippen molar-refractivity contribution < 1.29 is 19.4 Å². The Kier molecular flexibility index (Phi) is 5.14. The fourth-order valence-electron chi connectivity index (χ4n) is 2.78. The van der Waals surface area contributed by atoms with Crippen molar-refractivity contribution in [3.8, 4) is 5.75 Å². The standard InChI is InChI=1S/C18H18N2O4S/c1-24-14-4-2-3-12(9-14)16-10-15(13-7-8-25-11-13)19-20(16)17(21)5-6-18(22)23/h2-4,7-9,11,16H,5-6,10H2,1H3,(H,22,23)/t16-/m0/s1. The van der Waals surface area contributed by atoms with Crippen molar-refractivity contribution in [2.45, 2.75) is 25.3 Å². The summed E-state index contributed by atoms with van der Waals surface area (Å²) in [5, 5.41) is 18.7. The van der Waals surface area contributed by atoms with Crippen LogP contribution in [-0.2, 0) is 9.59 Å². The monoisotopic (exact) mass is 358 g/mol. The van der Waals surface area contributed by atoms with Gasteiger partial charge in [-0.25, -0.2) is 5.01 Å². The van der Waals surface area contributed by atoms with Crippen molar-refractivity contribution >= 4 is 28.9 Å². The number of carbonyl (C=O) groups excluding carboxylic acids is 1. The van der Waals surface area contributed by atoms with Gasteiger partial charge >= 0.3 is 5.97 Å². The molecule has 1 aromatic carbocycles. The maximum Gasteiger partial charge on any atom is 0.303 e. The average Bonchev–Trinajstić information content (AvgIpc) is 3.28. The third kappa shape index (κ3) is 3.88. The molecule has 0 bridgehead atoms. The second-order valence-corrected chi connectivity index (χ2v) is 6.47. The zero-order valence-corrected chi connectivity index (χ0v) is 14.5. The van der Waals surface area contributed by atoms with Crippen molar-refractivity contribution in [2.24, 2.45) is 5.10 Å². The average molecular weight is 358 g/mol. The van der Waals surface area contributed by atoms with Crippen molar-refractivity contribution in [3.05, 3.63) is 52.2 Å². The summed E-state index contributed by atoms with van der Waals surface area (Å²) in [5.74, 6) is -0.576. The lowest BCUT2D eigenvalue weighted by Crippen LogP contribution is -2.27. The van der Waals surface area contributed by atoms with E-state index in [2.05, 4.69) is 5.10 Å². The fraction of sp³-hybridized carbons (Fsp3) is 0.278. The number of amides is 1. The molecular formula is C18H18N2O4S. The molecule has 1 amide bonds. The van der Waals surface area contributed by atoms with Gasteiger partial charge in [0.25, 0.3) is 0 Å². The largest absolute Gasteiger partial charge is 0.497 e. The van der Waals surface area contributed by atoms with Crippen LogP contribution < -0.4 is 4.74 Å². The van der Waals surface area contributed by atoms with Gasteiger partial charge in [0, 0.05) is 18.4 Å². The number of hydrogen-bond donors (Lipinski definition) is 1. The normalized spacial score (nSPS) is 16.6. The van der Waals surface area contributed by atoms with Gasteiger partial charge < -0.3 is 9.84 Å². The minimum atomic E-state index is -0.993. The number of hydrazone groups is 1. The number of ether oxygens (including phenoxy) is 1.